The zero-order valence-corrected chi connectivity index (χ0v) is 15.5. The number of pyridine rings is 2. The van der Waals surface area contributed by atoms with Gasteiger partial charge in [0, 0.05) is 24.2 Å². The maximum atomic E-state index is 10.8. The molecule has 3 aromatic heterocycles. The van der Waals surface area contributed by atoms with Crippen LogP contribution in [0.1, 0.15) is 11.7 Å². The van der Waals surface area contributed by atoms with Gasteiger partial charge in [-0.2, -0.15) is 0 Å². The summed E-state index contributed by atoms with van der Waals surface area (Å²) in [5.41, 5.74) is 2.36. The molecular weight excluding hydrogens is 366 g/mol. The molecular formula is C22H19N5O2. The topological polar surface area (TPSA) is 95.3 Å². The van der Waals surface area contributed by atoms with Crippen LogP contribution in [0.5, 0.6) is 5.75 Å². The third kappa shape index (κ3) is 4.36. The minimum atomic E-state index is -0.811. The summed E-state index contributed by atoms with van der Waals surface area (Å²) >= 11 is 0. The molecule has 1 aromatic carbocycles. The van der Waals surface area contributed by atoms with Crippen molar-refractivity contribution in [3.8, 4) is 17.0 Å². The number of rotatable bonds is 6. The summed E-state index contributed by atoms with van der Waals surface area (Å²) in [7, 11) is 0. The van der Waals surface area contributed by atoms with Crippen molar-refractivity contribution in [2.45, 2.75) is 6.10 Å². The number of nitrogens with zero attached hydrogens (tertiary/aromatic N) is 5. The molecule has 0 aliphatic carbocycles. The zero-order chi connectivity index (χ0) is 20.1. The van der Waals surface area contributed by atoms with Gasteiger partial charge in [0.25, 0.3) is 0 Å². The Morgan fingerprint density at radius 1 is 0.862 bits per heavy atom. The molecule has 144 valence electrons. The van der Waals surface area contributed by atoms with Crippen LogP contribution < -0.4 is 4.90 Å². The van der Waals surface area contributed by atoms with E-state index < -0.39 is 6.10 Å². The first-order valence-corrected chi connectivity index (χ1v) is 9.09. The van der Waals surface area contributed by atoms with Gasteiger partial charge in [0.05, 0.1) is 18.3 Å². The van der Waals surface area contributed by atoms with Crippen LogP contribution >= 0.6 is 0 Å². The molecule has 0 radical (unpaired) electrons. The van der Waals surface area contributed by atoms with Crippen molar-refractivity contribution in [3.05, 3.63) is 91.1 Å². The number of aromatic hydroxyl groups is 1. The Kier molecular flexibility index (Phi) is 5.40. The van der Waals surface area contributed by atoms with Crippen LogP contribution in [0.2, 0.25) is 0 Å². The molecule has 0 bridgehead atoms. The van der Waals surface area contributed by atoms with Crippen molar-refractivity contribution in [1.82, 2.24) is 19.9 Å². The molecule has 0 aliphatic heterocycles. The predicted octanol–water partition coefficient (Wildman–Crippen LogP) is 3.51. The molecule has 2 N–H and O–H groups in total. The van der Waals surface area contributed by atoms with E-state index in [4.69, 9.17) is 4.98 Å². The average Bonchev–Trinajstić information content (AvgIpc) is 2.79. The van der Waals surface area contributed by atoms with E-state index >= 15 is 0 Å². The normalized spacial score (nSPS) is 11.8. The van der Waals surface area contributed by atoms with E-state index in [0.29, 0.717) is 17.2 Å². The second-order valence-corrected chi connectivity index (χ2v) is 6.41. The first-order valence-electron chi connectivity index (χ1n) is 9.09. The highest BCUT2D eigenvalue weighted by molar-refractivity contribution is 5.63. The lowest BCUT2D eigenvalue weighted by molar-refractivity contribution is 0.186. The molecule has 1 unspecified atom stereocenters. The standard InChI is InChI=1S/C22H19N5O2/c28-18-8-6-16(7-9-18)20(29)14-27(21-10-12-24-15-25-21)22-5-1-4-19(26-22)17-3-2-11-23-13-17/h1-13,15,20,28-29H,14H2. The Balaban J connectivity index is 1.69. The Bertz CT molecular complexity index is 1060. The molecule has 7 heteroatoms. The van der Waals surface area contributed by atoms with Crippen LogP contribution in [0.3, 0.4) is 0 Å². The van der Waals surface area contributed by atoms with Crippen LogP contribution in [-0.2, 0) is 0 Å². The Morgan fingerprint density at radius 3 is 2.45 bits per heavy atom. The molecule has 4 rings (SSSR count). The van der Waals surface area contributed by atoms with E-state index in [0.717, 1.165) is 11.3 Å². The number of phenolic OH excluding ortho intramolecular Hbond substituents is 1. The summed E-state index contributed by atoms with van der Waals surface area (Å²) in [6.07, 6.45) is 5.77. The summed E-state index contributed by atoms with van der Waals surface area (Å²) in [4.78, 5) is 19.0. The van der Waals surface area contributed by atoms with Crippen LogP contribution in [0.15, 0.2) is 85.6 Å². The predicted molar refractivity (Wildman–Crippen MR) is 110 cm³/mol. The van der Waals surface area contributed by atoms with Crippen LogP contribution in [0.4, 0.5) is 11.6 Å². The second kappa shape index (κ2) is 8.45. The van der Waals surface area contributed by atoms with Gasteiger partial charge in [-0.25, -0.2) is 15.0 Å². The Morgan fingerprint density at radius 2 is 1.72 bits per heavy atom. The second-order valence-electron chi connectivity index (χ2n) is 6.41. The van der Waals surface area contributed by atoms with Crippen LogP contribution in [-0.4, -0.2) is 36.7 Å². The number of benzene rings is 1. The first kappa shape index (κ1) is 18.5. The van der Waals surface area contributed by atoms with E-state index in [1.807, 2.05) is 35.2 Å². The molecule has 0 spiro atoms. The molecule has 1 atom stereocenters. The van der Waals surface area contributed by atoms with E-state index in [2.05, 4.69) is 15.0 Å². The van der Waals surface area contributed by atoms with E-state index in [1.165, 1.54) is 6.33 Å². The maximum absolute atomic E-state index is 10.8. The van der Waals surface area contributed by atoms with Gasteiger partial charge >= 0.3 is 0 Å². The number of phenols is 1. The number of aliphatic hydroxyl groups is 1. The minimum absolute atomic E-state index is 0.152. The summed E-state index contributed by atoms with van der Waals surface area (Å²) in [6.45, 7) is 0.227. The third-order valence-corrected chi connectivity index (χ3v) is 4.44. The SMILES string of the molecule is Oc1ccc(C(O)CN(c2ccncn2)c2cccc(-c3cccnc3)n2)cc1. The largest absolute Gasteiger partial charge is 0.508 e. The van der Waals surface area contributed by atoms with Crippen molar-refractivity contribution in [3.63, 3.8) is 0 Å². The van der Waals surface area contributed by atoms with Gasteiger partial charge in [0.15, 0.2) is 0 Å². The lowest BCUT2D eigenvalue weighted by atomic mass is 10.1. The quantitative estimate of drug-likeness (QED) is 0.524. The first-order chi connectivity index (χ1) is 14.2. The van der Waals surface area contributed by atoms with Crippen molar-refractivity contribution in [2.75, 3.05) is 11.4 Å². The van der Waals surface area contributed by atoms with Crippen molar-refractivity contribution in [2.24, 2.45) is 0 Å². The fraction of sp³-hybridized carbons (Fsp3) is 0.0909. The molecule has 7 nitrogen and oxygen atoms in total. The molecule has 4 aromatic rings. The van der Waals surface area contributed by atoms with Crippen molar-refractivity contribution in [1.29, 1.82) is 0 Å². The number of anilines is 2. The molecule has 0 aliphatic rings. The molecule has 29 heavy (non-hydrogen) atoms. The van der Waals surface area contributed by atoms with Crippen molar-refractivity contribution >= 4 is 11.6 Å². The van der Waals surface area contributed by atoms with Gasteiger partial charge in [-0.1, -0.05) is 18.2 Å². The van der Waals surface area contributed by atoms with E-state index in [-0.39, 0.29) is 12.3 Å². The van der Waals surface area contributed by atoms with Gasteiger partial charge in [-0.3, -0.25) is 4.98 Å². The number of aromatic nitrogens is 4. The molecule has 0 saturated heterocycles. The maximum Gasteiger partial charge on any atom is 0.137 e. The van der Waals surface area contributed by atoms with Crippen molar-refractivity contribution < 1.29 is 10.2 Å². The molecule has 0 amide bonds. The molecule has 0 fully saturated rings. The van der Waals surface area contributed by atoms with E-state index in [1.54, 1.807) is 48.9 Å². The number of aliphatic hydroxyl groups excluding tert-OH is 1. The molecule has 3 heterocycles. The van der Waals surface area contributed by atoms with Gasteiger partial charge in [0.1, 0.15) is 23.7 Å². The fourth-order valence-corrected chi connectivity index (χ4v) is 2.97. The van der Waals surface area contributed by atoms with Gasteiger partial charge in [0.2, 0.25) is 0 Å². The third-order valence-electron chi connectivity index (χ3n) is 4.44. The zero-order valence-electron chi connectivity index (χ0n) is 15.5. The molecule has 0 saturated carbocycles. The summed E-state index contributed by atoms with van der Waals surface area (Å²) < 4.78 is 0. The summed E-state index contributed by atoms with van der Waals surface area (Å²) in [5.74, 6) is 1.41. The Labute approximate surface area is 168 Å². The lowest BCUT2D eigenvalue weighted by Crippen LogP contribution is -2.25. The highest BCUT2D eigenvalue weighted by Crippen LogP contribution is 2.28. The fourth-order valence-electron chi connectivity index (χ4n) is 2.97. The summed E-state index contributed by atoms with van der Waals surface area (Å²) in [5, 5.41) is 20.3. The highest BCUT2D eigenvalue weighted by atomic mass is 16.3. The lowest BCUT2D eigenvalue weighted by Gasteiger charge is -2.26. The number of hydrogen-bond acceptors (Lipinski definition) is 7. The Hall–Kier alpha value is -3.84. The number of hydrogen-bond donors (Lipinski definition) is 2. The van der Waals surface area contributed by atoms with Crippen LogP contribution in [0.25, 0.3) is 11.3 Å². The summed E-state index contributed by atoms with van der Waals surface area (Å²) in [6, 6.07) is 17.7. The van der Waals surface area contributed by atoms with Gasteiger partial charge < -0.3 is 15.1 Å². The smallest absolute Gasteiger partial charge is 0.137 e. The highest BCUT2D eigenvalue weighted by Gasteiger charge is 2.19. The van der Waals surface area contributed by atoms with Gasteiger partial charge in [-0.05, 0) is 48.0 Å². The monoisotopic (exact) mass is 385 g/mol. The average molecular weight is 385 g/mol. The van der Waals surface area contributed by atoms with Gasteiger partial charge in [-0.15, -0.1) is 0 Å². The van der Waals surface area contributed by atoms with Crippen LogP contribution in [0, 0.1) is 0 Å². The minimum Gasteiger partial charge on any atom is -0.508 e. The van der Waals surface area contributed by atoms with E-state index in [9.17, 15) is 10.2 Å².